The molecule has 1 aromatic carbocycles. The molecular weight excluding hydrogens is 299 g/mol. The van der Waals surface area contributed by atoms with Gasteiger partial charge < -0.3 is 4.52 Å². The van der Waals surface area contributed by atoms with Crippen LogP contribution in [0.15, 0.2) is 28.8 Å². The van der Waals surface area contributed by atoms with Crippen molar-refractivity contribution in [3.8, 4) is 0 Å². The van der Waals surface area contributed by atoms with Crippen molar-refractivity contribution in [2.45, 2.75) is 13.0 Å². The number of aromatic nitrogens is 2. The Hall–Kier alpha value is -1.84. The van der Waals surface area contributed by atoms with Gasteiger partial charge in [0.25, 0.3) is 10.2 Å². The van der Waals surface area contributed by atoms with Gasteiger partial charge in [-0.05, 0) is 6.07 Å². The molecule has 1 aromatic heterocycles. The standard InChI is InChI=1S/C12H15FN4O3S/c1-8-14-12(15-20-8)11(16-21(18,19)17(2)3)9-6-4-5-7-10(9)13/h4-7,11,16H,1-3H3. The molecule has 0 amide bonds. The Bertz CT molecular complexity index is 730. The van der Waals surface area contributed by atoms with Gasteiger partial charge in [-0.1, -0.05) is 23.4 Å². The van der Waals surface area contributed by atoms with Gasteiger partial charge in [0.15, 0.2) is 5.82 Å². The van der Waals surface area contributed by atoms with Gasteiger partial charge in [0, 0.05) is 26.6 Å². The van der Waals surface area contributed by atoms with Crippen LogP contribution < -0.4 is 4.72 Å². The molecule has 0 aliphatic rings. The third-order valence-electron chi connectivity index (χ3n) is 2.77. The van der Waals surface area contributed by atoms with E-state index in [0.717, 1.165) is 4.31 Å². The topological polar surface area (TPSA) is 88.3 Å². The molecule has 1 N–H and O–H groups in total. The highest BCUT2D eigenvalue weighted by Gasteiger charge is 2.28. The van der Waals surface area contributed by atoms with Gasteiger partial charge in [-0.15, -0.1) is 0 Å². The minimum atomic E-state index is -3.81. The maximum atomic E-state index is 14.0. The van der Waals surface area contributed by atoms with Gasteiger partial charge >= 0.3 is 0 Å². The summed E-state index contributed by atoms with van der Waals surface area (Å²) < 4.78 is 46.2. The molecule has 7 nitrogen and oxygen atoms in total. The quantitative estimate of drug-likeness (QED) is 0.889. The Labute approximate surface area is 122 Å². The third kappa shape index (κ3) is 3.43. The third-order valence-corrected chi connectivity index (χ3v) is 4.26. The highest BCUT2D eigenvalue weighted by Crippen LogP contribution is 2.23. The fraction of sp³-hybridized carbons (Fsp3) is 0.333. The Morgan fingerprint density at radius 3 is 2.52 bits per heavy atom. The van der Waals surface area contributed by atoms with Crippen LogP contribution in [0.25, 0.3) is 0 Å². The molecule has 1 atom stereocenters. The van der Waals surface area contributed by atoms with E-state index in [0.29, 0.717) is 0 Å². The lowest BCUT2D eigenvalue weighted by Gasteiger charge is -2.19. The molecule has 2 aromatic rings. The van der Waals surface area contributed by atoms with Gasteiger partial charge in [-0.3, -0.25) is 0 Å². The van der Waals surface area contributed by atoms with Crippen molar-refractivity contribution >= 4 is 10.2 Å². The first-order valence-corrected chi connectivity index (χ1v) is 7.49. The molecule has 0 fully saturated rings. The van der Waals surface area contributed by atoms with Crippen molar-refractivity contribution in [1.82, 2.24) is 19.2 Å². The number of aryl methyl sites for hydroxylation is 1. The maximum absolute atomic E-state index is 14.0. The van der Waals surface area contributed by atoms with E-state index in [4.69, 9.17) is 4.52 Å². The average molecular weight is 314 g/mol. The molecular formula is C12H15FN4O3S. The van der Waals surface area contributed by atoms with E-state index in [1.807, 2.05) is 0 Å². The predicted octanol–water partition coefficient (Wildman–Crippen LogP) is 1.00. The van der Waals surface area contributed by atoms with Gasteiger partial charge in [-0.25, -0.2) is 4.39 Å². The largest absolute Gasteiger partial charge is 0.340 e. The van der Waals surface area contributed by atoms with Crippen molar-refractivity contribution in [2.75, 3.05) is 14.1 Å². The van der Waals surface area contributed by atoms with Crippen molar-refractivity contribution in [1.29, 1.82) is 0 Å². The van der Waals surface area contributed by atoms with Crippen LogP contribution in [0, 0.1) is 12.7 Å². The summed E-state index contributed by atoms with van der Waals surface area (Å²) in [5.41, 5.74) is 0.115. The Morgan fingerprint density at radius 1 is 1.33 bits per heavy atom. The van der Waals surface area contributed by atoms with E-state index in [1.165, 1.54) is 32.3 Å². The number of rotatable bonds is 5. The molecule has 0 radical (unpaired) electrons. The predicted molar refractivity (Wildman–Crippen MR) is 73.0 cm³/mol. The summed E-state index contributed by atoms with van der Waals surface area (Å²) in [4.78, 5) is 3.98. The number of nitrogens with one attached hydrogen (secondary N) is 1. The molecule has 114 valence electrons. The van der Waals surface area contributed by atoms with E-state index in [2.05, 4.69) is 14.9 Å². The maximum Gasteiger partial charge on any atom is 0.279 e. The zero-order valence-corrected chi connectivity index (χ0v) is 12.6. The van der Waals surface area contributed by atoms with Crippen LogP contribution in [0.3, 0.4) is 0 Å². The average Bonchev–Trinajstić information content (AvgIpc) is 2.83. The van der Waals surface area contributed by atoms with Crippen LogP contribution >= 0.6 is 0 Å². The fourth-order valence-electron chi connectivity index (χ4n) is 1.65. The zero-order valence-electron chi connectivity index (χ0n) is 11.7. The summed E-state index contributed by atoms with van der Waals surface area (Å²) in [6.45, 7) is 1.56. The van der Waals surface area contributed by atoms with Crippen LogP contribution in [0.1, 0.15) is 23.3 Å². The van der Waals surface area contributed by atoms with Crippen LogP contribution in [0.5, 0.6) is 0 Å². The zero-order chi connectivity index (χ0) is 15.6. The summed E-state index contributed by atoms with van der Waals surface area (Å²) in [6.07, 6.45) is 0. The lowest BCUT2D eigenvalue weighted by molar-refractivity contribution is 0.383. The number of hydrogen-bond donors (Lipinski definition) is 1. The Balaban J connectivity index is 2.48. The molecule has 0 aliphatic heterocycles. The fourth-order valence-corrected chi connectivity index (χ4v) is 2.39. The van der Waals surface area contributed by atoms with E-state index in [1.54, 1.807) is 13.0 Å². The molecule has 1 heterocycles. The summed E-state index contributed by atoms with van der Waals surface area (Å²) in [6, 6.07) is 4.74. The van der Waals surface area contributed by atoms with E-state index < -0.39 is 22.1 Å². The molecule has 0 aliphatic carbocycles. The van der Waals surface area contributed by atoms with Gasteiger partial charge in [0.2, 0.25) is 5.89 Å². The van der Waals surface area contributed by atoms with Crippen molar-refractivity contribution in [3.63, 3.8) is 0 Å². The number of hydrogen-bond acceptors (Lipinski definition) is 5. The summed E-state index contributed by atoms with van der Waals surface area (Å²) >= 11 is 0. The van der Waals surface area contributed by atoms with Crippen molar-refractivity contribution in [2.24, 2.45) is 0 Å². The number of halogens is 1. The monoisotopic (exact) mass is 314 g/mol. The van der Waals surface area contributed by atoms with E-state index in [-0.39, 0.29) is 17.3 Å². The summed E-state index contributed by atoms with van der Waals surface area (Å²) in [7, 11) is -1.08. The lowest BCUT2D eigenvalue weighted by atomic mass is 10.1. The van der Waals surface area contributed by atoms with Gasteiger partial charge in [-0.2, -0.15) is 22.4 Å². The first-order valence-electron chi connectivity index (χ1n) is 6.05. The second kappa shape index (κ2) is 5.88. The highest BCUT2D eigenvalue weighted by molar-refractivity contribution is 7.87. The number of benzene rings is 1. The second-order valence-corrected chi connectivity index (χ2v) is 6.45. The lowest BCUT2D eigenvalue weighted by Crippen LogP contribution is -2.39. The van der Waals surface area contributed by atoms with Crippen LogP contribution in [-0.2, 0) is 10.2 Å². The van der Waals surface area contributed by atoms with Crippen LogP contribution in [0.4, 0.5) is 4.39 Å². The minimum absolute atomic E-state index is 0.0445. The minimum Gasteiger partial charge on any atom is -0.340 e. The van der Waals surface area contributed by atoms with E-state index >= 15 is 0 Å². The van der Waals surface area contributed by atoms with Crippen LogP contribution in [0.2, 0.25) is 0 Å². The smallest absolute Gasteiger partial charge is 0.279 e. The molecule has 0 saturated carbocycles. The molecule has 0 bridgehead atoms. The summed E-state index contributed by atoms with van der Waals surface area (Å²) in [5, 5.41) is 3.68. The second-order valence-electron chi connectivity index (χ2n) is 4.53. The SMILES string of the molecule is Cc1nc(C(NS(=O)(=O)N(C)C)c2ccccc2F)no1. The Morgan fingerprint density at radius 2 is 2.00 bits per heavy atom. The normalized spacial score (nSPS) is 13.6. The molecule has 2 rings (SSSR count). The first kappa shape index (κ1) is 15.5. The van der Waals surface area contributed by atoms with E-state index in [9.17, 15) is 12.8 Å². The molecule has 0 spiro atoms. The molecule has 21 heavy (non-hydrogen) atoms. The first-order chi connectivity index (χ1) is 9.81. The van der Waals surface area contributed by atoms with Crippen LogP contribution in [-0.4, -0.2) is 37.0 Å². The van der Waals surface area contributed by atoms with Gasteiger partial charge in [0.1, 0.15) is 11.9 Å². The molecule has 1 unspecified atom stereocenters. The molecule has 0 saturated heterocycles. The molecule has 9 heteroatoms. The van der Waals surface area contributed by atoms with Crippen molar-refractivity contribution < 1.29 is 17.3 Å². The summed E-state index contributed by atoms with van der Waals surface area (Å²) in [5.74, 6) is -0.259. The number of nitrogens with zero attached hydrogens (tertiary/aromatic N) is 3. The van der Waals surface area contributed by atoms with Crippen molar-refractivity contribution in [3.05, 3.63) is 47.4 Å². The Kier molecular flexibility index (Phi) is 4.35. The van der Waals surface area contributed by atoms with Gasteiger partial charge in [0.05, 0.1) is 0 Å². The highest BCUT2D eigenvalue weighted by atomic mass is 32.2.